The molecule has 0 saturated heterocycles. The topological polar surface area (TPSA) is 44.8 Å². The number of para-hydroxylation sites is 4. The van der Waals surface area contributed by atoms with Crippen LogP contribution in [0.25, 0.3) is 0 Å². The lowest BCUT2D eigenvalue weighted by atomic mass is 10.1. The summed E-state index contributed by atoms with van der Waals surface area (Å²) in [6.45, 7) is 7.96. The number of benzene rings is 4. The summed E-state index contributed by atoms with van der Waals surface area (Å²) in [4.78, 5) is 0. The smallest absolute Gasteiger partial charge is 0.453 e. The van der Waals surface area contributed by atoms with Crippen molar-refractivity contribution in [2.24, 2.45) is 0 Å². The highest BCUT2D eigenvalue weighted by Gasteiger charge is 2.33. The van der Waals surface area contributed by atoms with E-state index in [0.717, 1.165) is 28.0 Å². The lowest BCUT2D eigenvalue weighted by Gasteiger charge is -2.17. The molecule has 33 heavy (non-hydrogen) atoms. The van der Waals surface area contributed by atoms with Crippen molar-refractivity contribution in [2.75, 3.05) is 0 Å². The Morgan fingerprint density at radius 2 is 1.06 bits per heavy atom. The minimum absolute atomic E-state index is 0.384. The Balaban J connectivity index is 1.81. The average molecular weight is 457 g/mol. The largest absolute Gasteiger partial charge is 0.601 e. The maximum Gasteiger partial charge on any atom is 0.601 e. The van der Waals surface area contributed by atoms with Gasteiger partial charge in [0.2, 0.25) is 5.75 Å². The zero-order valence-corrected chi connectivity index (χ0v) is 20.1. The van der Waals surface area contributed by atoms with Crippen molar-refractivity contribution in [1.82, 2.24) is 0 Å². The summed E-state index contributed by atoms with van der Waals surface area (Å²) in [5, 5.41) is 0.431. The van der Waals surface area contributed by atoms with Crippen molar-refractivity contribution in [1.29, 1.82) is 0 Å². The highest BCUT2D eigenvalue weighted by molar-refractivity contribution is 7.49. The quantitative estimate of drug-likeness (QED) is 0.264. The molecule has 0 saturated carbocycles. The number of ether oxygens (including phenoxy) is 2. The van der Waals surface area contributed by atoms with Gasteiger partial charge in [0.1, 0.15) is 11.5 Å². The lowest BCUT2D eigenvalue weighted by molar-refractivity contribution is 0.414. The lowest BCUT2D eigenvalue weighted by Crippen LogP contribution is -2.08. The number of hydrogen-bond acceptors (Lipinski definition) is 4. The summed E-state index contributed by atoms with van der Waals surface area (Å²) < 4.78 is 31.9. The molecule has 0 heterocycles. The van der Waals surface area contributed by atoms with Crippen LogP contribution < -0.4 is 19.3 Å². The van der Waals surface area contributed by atoms with E-state index in [9.17, 15) is 4.57 Å². The van der Waals surface area contributed by atoms with E-state index < -0.39 is 8.03 Å². The van der Waals surface area contributed by atoms with Gasteiger partial charge < -0.3 is 9.47 Å². The molecule has 0 amide bonds. The van der Waals surface area contributed by atoms with Crippen molar-refractivity contribution in [3.8, 4) is 28.7 Å². The fraction of sp³-hybridized carbons (Fsp3) is 0.143. The van der Waals surface area contributed by atoms with Gasteiger partial charge in [-0.2, -0.15) is 0 Å². The molecule has 0 aliphatic rings. The Labute approximate surface area is 195 Å². The second-order valence-corrected chi connectivity index (χ2v) is 9.09. The first-order valence-electron chi connectivity index (χ1n) is 10.8. The highest BCUT2D eigenvalue weighted by atomic mass is 31.1. The monoisotopic (exact) mass is 457 g/mol. The third-order valence-electron chi connectivity index (χ3n) is 5.32. The molecular formula is C28H26O4P+. The normalized spacial score (nSPS) is 11.1. The van der Waals surface area contributed by atoms with E-state index in [4.69, 9.17) is 14.0 Å². The van der Waals surface area contributed by atoms with E-state index in [0.29, 0.717) is 28.3 Å². The highest BCUT2D eigenvalue weighted by Crippen LogP contribution is 2.42. The van der Waals surface area contributed by atoms with Crippen LogP contribution >= 0.6 is 8.03 Å². The summed E-state index contributed by atoms with van der Waals surface area (Å²) in [5.74, 6) is 2.85. The molecule has 0 N–H and O–H groups in total. The summed E-state index contributed by atoms with van der Waals surface area (Å²) in [5.41, 5.74) is 3.95. The van der Waals surface area contributed by atoms with Crippen LogP contribution in [-0.4, -0.2) is 0 Å². The maximum atomic E-state index is 13.3. The Morgan fingerprint density at radius 3 is 1.64 bits per heavy atom. The predicted molar refractivity (Wildman–Crippen MR) is 133 cm³/mol. The van der Waals surface area contributed by atoms with Crippen molar-refractivity contribution < 1.29 is 18.6 Å². The first kappa shape index (κ1) is 22.6. The first-order chi connectivity index (χ1) is 15.9. The minimum atomic E-state index is -2.25. The van der Waals surface area contributed by atoms with Gasteiger partial charge in [-0.3, -0.25) is 4.52 Å². The van der Waals surface area contributed by atoms with Gasteiger partial charge in [-0.15, -0.1) is 0 Å². The molecule has 0 aliphatic heterocycles. The van der Waals surface area contributed by atoms with E-state index in [1.165, 1.54) is 0 Å². The van der Waals surface area contributed by atoms with Crippen LogP contribution in [0.5, 0.6) is 28.7 Å². The SMILES string of the molecule is Cc1cccc(C)c1Oc1cccc([P+](=O)Oc2ccccc2)c1Oc1c(C)cccc1C. The Bertz CT molecular complexity index is 1260. The summed E-state index contributed by atoms with van der Waals surface area (Å²) in [6.07, 6.45) is 0. The van der Waals surface area contributed by atoms with E-state index in [1.807, 2.05) is 88.4 Å². The van der Waals surface area contributed by atoms with Gasteiger partial charge in [0, 0.05) is 0 Å². The van der Waals surface area contributed by atoms with Crippen molar-refractivity contribution in [3.63, 3.8) is 0 Å². The molecule has 0 radical (unpaired) electrons. The molecule has 5 heteroatoms. The third-order valence-corrected chi connectivity index (χ3v) is 6.44. The number of rotatable bonds is 7. The molecule has 4 aromatic rings. The van der Waals surface area contributed by atoms with E-state index in [-0.39, 0.29) is 0 Å². The van der Waals surface area contributed by atoms with Crippen molar-refractivity contribution >= 4 is 13.3 Å². The molecule has 0 spiro atoms. The van der Waals surface area contributed by atoms with Crippen LogP contribution in [0.2, 0.25) is 0 Å². The zero-order chi connectivity index (χ0) is 23.4. The van der Waals surface area contributed by atoms with Gasteiger partial charge in [0.05, 0.1) is 0 Å². The number of hydrogen-bond donors (Lipinski definition) is 0. The summed E-state index contributed by atoms with van der Waals surface area (Å²) >= 11 is 0. The van der Waals surface area contributed by atoms with Crippen LogP contribution in [0.3, 0.4) is 0 Å². The molecule has 0 aromatic heterocycles. The fourth-order valence-corrected chi connectivity index (χ4v) is 4.53. The molecule has 0 aliphatic carbocycles. The molecular weight excluding hydrogens is 431 g/mol. The Hall–Kier alpha value is -3.62. The molecule has 4 nitrogen and oxygen atoms in total. The fourth-order valence-electron chi connectivity index (χ4n) is 3.59. The van der Waals surface area contributed by atoms with Gasteiger partial charge in [0.25, 0.3) is 5.30 Å². The summed E-state index contributed by atoms with van der Waals surface area (Å²) in [7, 11) is -2.25. The second-order valence-electron chi connectivity index (χ2n) is 7.91. The van der Waals surface area contributed by atoms with Crippen molar-refractivity contribution in [2.45, 2.75) is 27.7 Å². The first-order valence-corrected chi connectivity index (χ1v) is 11.9. The van der Waals surface area contributed by atoms with Gasteiger partial charge in [-0.05, 0) is 78.8 Å². The minimum Gasteiger partial charge on any atom is -0.453 e. The van der Waals surface area contributed by atoms with Crippen LogP contribution in [0.1, 0.15) is 22.3 Å². The van der Waals surface area contributed by atoms with Gasteiger partial charge in [0.15, 0.2) is 11.5 Å². The van der Waals surface area contributed by atoms with Crippen LogP contribution in [0, 0.1) is 27.7 Å². The van der Waals surface area contributed by atoms with Gasteiger partial charge in [-0.1, -0.05) is 60.7 Å². The van der Waals surface area contributed by atoms with Crippen LogP contribution in [-0.2, 0) is 4.57 Å². The van der Waals surface area contributed by atoms with E-state index >= 15 is 0 Å². The zero-order valence-electron chi connectivity index (χ0n) is 19.2. The van der Waals surface area contributed by atoms with E-state index in [2.05, 4.69) is 0 Å². The molecule has 1 unspecified atom stereocenters. The van der Waals surface area contributed by atoms with Crippen molar-refractivity contribution in [3.05, 3.63) is 107 Å². The standard InChI is InChI=1S/C28H26O4P/c1-19-11-8-12-20(2)26(19)30-24-17-10-18-25(33(29)32-23-15-6-5-7-16-23)28(24)31-27-21(3)13-9-14-22(27)4/h5-18H,1-4H3/q+1. The third kappa shape index (κ3) is 5.08. The molecule has 166 valence electrons. The molecule has 0 fully saturated rings. The Kier molecular flexibility index (Phi) is 6.76. The second kappa shape index (κ2) is 9.89. The van der Waals surface area contributed by atoms with Crippen LogP contribution in [0.4, 0.5) is 0 Å². The maximum absolute atomic E-state index is 13.3. The summed E-state index contributed by atoms with van der Waals surface area (Å²) in [6, 6.07) is 26.4. The Morgan fingerprint density at radius 1 is 0.545 bits per heavy atom. The molecule has 4 rings (SSSR count). The van der Waals surface area contributed by atoms with E-state index in [1.54, 1.807) is 24.3 Å². The molecule has 4 aromatic carbocycles. The van der Waals surface area contributed by atoms with Gasteiger partial charge >= 0.3 is 8.03 Å². The average Bonchev–Trinajstić information content (AvgIpc) is 2.80. The predicted octanol–water partition coefficient (Wildman–Crippen LogP) is 7.95. The number of aryl methyl sites for hydroxylation is 4. The van der Waals surface area contributed by atoms with Gasteiger partial charge in [-0.25, -0.2) is 0 Å². The molecule has 0 bridgehead atoms. The molecule has 1 atom stereocenters. The van der Waals surface area contributed by atoms with Crippen LogP contribution in [0.15, 0.2) is 84.9 Å².